The highest BCUT2D eigenvalue weighted by Gasteiger charge is 2.35. The van der Waals surface area contributed by atoms with Crippen LogP contribution >= 0.6 is 0 Å². The van der Waals surface area contributed by atoms with E-state index < -0.39 is 34.2 Å². The van der Waals surface area contributed by atoms with Gasteiger partial charge in [-0.3, -0.25) is 8.98 Å². The van der Waals surface area contributed by atoms with Gasteiger partial charge in [0.15, 0.2) is 6.10 Å². The minimum Gasteiger partial charge on any atom is -0.479 e. The summed E-state index contributed by atoms with van der Waals surface area (Å²) in [6, 6.07) is 0. The number of carbonyl (C=O) groups is 2. The van der Waals surface area contributed by atoms with E-state index in [4.69, 9.17) is 9.29 Å². The van der Waals surface area contributed by atoms with Crippen molar-refractivity contribution in [2.75, 3.05) is 18.9 Å². The number of nitrogens with one attached hydrogen (secondary N) is 1. The Labute approximate surface area is 118 Å². The molecule has 0 aromatic rings. The van der Waals surface area contributed by atoms with E-state index in [-0.39, 0.29) is 24.6 Å². The topological polar surface area (TPSA) is 130 Å². The van der Waals surface area contributed by atoms with E-state index in [9.17, 15) is 23.1 Å². The lowest BCUT2D eigenvalue weighted by atomic mass is 9.88. The Morgan fingerprint density at radius 1 is 1.35 bits per heavy atom. The van der Waals surface area contributed by atoms with Crippen LogP contribution in [-0.2, 0) is 23.9 Å². The van der Waals surface area contributed by atoms with Crippen LogP contribution in [0.1, 0.15) is 27.2 Å². The van der Waals surface area contributed by atoms with Crippen molar-refractivity contribution in [1.82, 2.24) is 5.32 Å². The normalized spacial score (nSPS) is 13.8. The van der Waals surface area contributed by atoms with Crippen LogP contribution in [0.15, 0.2) is 0 Å². The van der Waals surface area contributed by atoms with Crippen LogP contribution in [0.4, 0.5) is 0 Å². The zero-order valence-corrected chi connectivity index (χ0v) is 12.6. The Morgan fingerprint density at radius 2 is 1.90 bits per heavy atom. The molecule has 118 valence electrons. The highest BCUT2D eigenvalue weighted by Crippen LogP contribution is 2.22. The fourth-order valence-electron chi connectivity index (χ4n) is 1.23. The molecule has 0 aliphatic carbocycles. The molecule has 0 saturated heterocycles. The van der Waals surface area contributed by atoms with Crippen LogP contribution in [0.2, 0.25) is 0 Å². The number of hydrogen-bond donors (Lipinski definition) is 3. The number of carboxylic acids is 1. The summed E-state index contributed by atoms with van der Waals surface area (Å²) in [6.45, 7) is 3.86. The van der Waals surface area contributed by atoms with Crippen molar-refractivity contribution in [3.63, 3.8) is 0 Å². The fourth-order valence-corrected chi connectivity index (χ4v) is 2.33. The van der Waals surface area contributed by atoms with Gasteiger partial charge in [-0.1, -0.05) is 13.8 Å². The quantitative estimate of drug-likeness (QED) is 0.380. The van der Waals surface area contributed by atoms with E-state index in [0.29, 0.717) is 0 Å². The van der Waals surface area contributed by atoms with Crippen molar-refractivity contribution in [1.29, 1.82) is 0 Å². The van der Waals surface area contributed by atoms with Gasteiger partial charge in [0.25, 0.3) is 10.1 Å². The van der Waals surface area contributed by atoms with Crippen LogP contribution in [0.5, 0.6) is 0 Å². The van der Waals surface area contributed by atoms with Crippen molar-refractivity contribution in [3.05, 3.63) is 0 Å². The Bertz CT molecular complexity index is 444. The summed E-state index contributed by atoms with van der Waals surface area (Å²) in [7, 11) is -3.83. The largest absolute Gasteiger partial charge is 0.479 e. The van der Waals surface area contributed by atoms with E-state index in [1.807, 2.05) is 0 Å². The third-order valence-electron chi connectivity index (χ3n) is 2.53. The number of rotatable bonds is 9. The molecule has 1 amide bonds. The zero-order chi connectivity index (χ0) is 16.0. The standard InChI is InChI=1S/C11H21NO7S/c1-8(13)12-5-4-6-20(17,18)19-7-11(2,3)9(14)10(15)16/h9,14H,4-7H2,1-3H3,(H,12,13)(H,15,16)/t9-/m0/s1. The summed E-state index contributed by atoms with van der Waals surface area (Å²) in [5.74, 6) is -2.00. The SMILES string of the molecule is CC(=O)NCCCS(=O)(=O)OCC(C)(C)[C@@H](O)C(=O)O. The molecule has 0 rings (SSSR count). The molecule has 0 radical (unpaired) electrons. The number of carbonyl (C=O) groups excluding carboxylic acids is 1. The Morgan fingerprint density at radius 3 is 2.35 bits per heavy atom. The molecule has 0 aliphatic heterocycles. The summed E-state index contributed by atoms with van der Waals surface area (Å²) in [4.78, 5) is 21.2. The third kappa shape index (κ3) is 7.41. The summed E-state index contributed by atoms with van der Waals surface area (Å²) in [5.41, 5.74) is -1.24. The molecule has 0 spiro atoms. The molecule has 0 aromatic heterocycles. The number of amides is 1. The van der Waals surface area contributed by atoms with E-state index in [1.54, 1.807) is 0 Å². The maximum Gasteiger partial charge on any atom is 0.333 e. The predicted molar refractivity (Wildman–Crippen MR) is 70.5 cm³/mol. The molecular weight excluding hydrogens is 290 g/mol. The third-order valence-corrected chi connectivity index (χ3v) is 3.80. The summed E-state index contributed by atoms with van der Waals surface area (Å²) >= 11 is 0. The summed E-state index contributed by atoms with van der Waals surface area (Å²) in [5, 5.41) is 20.5. The van der Waals surface area contributed by atoms with Crippen LogP contribution in [0.25, 0.3) is 0 Å². The number of aliphatic carboxylic acids is 1. The molecule has 0 aromatic carbocycles. The lowest BCUT2D eigenvalue weighted by molar-refractivity contribution is -0.154. The van der Waals surface area contributed by atoms with Gasteiger partial charge in [0, 0.05) is 18.9 Å². The highest BCUT2D eigenvalue weighted by atomic mass is 32.2. The molecule has 20 heavy (non-hydrogen) atoms. The fraction of sp³-hybridized carbons (Fsp3) is 0.818. The Hall–Kier alpha value is -1.19. The molecule has 8 nitrogen and oxygen atoms in total. The Kier molecular flexibility index (Phi) is 7.11. The molecular formula is C11H21NO7S. The van der Waals surface area contributed by atoms with E-state index in [1.165, 1.54) is 20.8 Å². The van der Waals surface area contributed by atoms with Crippen molar-refractivity contribution >= 4 is 22.0 Å². The van der Waals surface area contributed by atoms with Gasteiger partial charge < -0.3 is 15.5 Å². The van der Waals surface area contributed by atoms with E-state index >= 15 is 0 Å². The van der Waals surface area contributed by atoms with Gasteiger partial charge in [0.1, 0.15) is 0 Å². The van der Waals surface area contributed by atoms with Gasteiger partial charge in [-0.25, -0.2) is 4.79 Å². The molecule has 0 aliphatic rings. The molecule has 1 atom stereocenters. The lowest BCUT2D eigenvalue weighted by Crippen LogP contribution is -2.40. The first-order valence-corrected chi connectivity index (χ1v) is 7.58. The summed E-state index contributed by atoms with van der Waals surface area (Å²) < 4.78 is 27.8. The average molecular weight is 311 g/mol. The van der Waals surface area contributed by atoms with Crippen LogP contribution in [-0.4, -0.2) is 55.5 Å². The van der Waals surface area contributed by atoms with Gasteiger partial charge >= 0.3 is 5.97 Å². The first kappa shape index (κ1) is 18.8. The number of carboxylic acid groups (broad SMARTS) is 1. The van der Waals surface area contributed by atoms with Gasteiger partial charge in [-0.2, -0.15) is 8.42 Å². The van der Waals surface area contributed by atoms with Gasteiger partial charge in [0.05, 0.1) is 12.4 Å². The number of aliphatic hydroxyl groups excluding tert-OH is 1. The second-order valence-electron chi connectivity index (χ2n) is 5.09. The first-order valence-electron chi connectivity index (χ1n) is 6.00. The van der Waals surface area contributed by atoms with Gasteiger partial charge in [0.2, 0.25) is 5.91 Å². The smallest absolute Gasteiger partial charge is 0.333 e. The Balaban J connectivity index is 4.28. The second kappa shape index (κ2) is 7.55. The average Bonchev–Trinajstić information content (AvgIpc) is 2.31. The second-order valence-corrected chi connectivity index (χ2v) is 6.85. The molecule has 3 N–H and O–H groups in total. The zero-order valence-electron chi connectivity index (χ0n) is 11.7. The molecule has 9 heteroatoms. The maximum atomic E-state index is 11.6. The molecule has 0 unspecified atom stereocenters. The van der Waals surface area contributed by atoms with Gasteiger partial charge in [-0.05, 0) is 6.42 Å². The first-order chi connectivity index (χ1) is 8.98. The van der Waals surface area contributed by atoms with Crippen LogP contribution in [0, 0.1) is 5.41 Å². The predicted octanol–water partition coefficient (Wildman–Crippen LogP) is -0.669. The van der Waals surface area contributed by atoms with Crippen molar-refractivity contribution < 1.29 is 32.4 Å². The van der Waals surface area contributed by atoms with Crippen LogP contribution in [0.3, 0.4) is 0 Å². The molecule has 0 heterocycles. The van der Waals surface area contributed by atoms with E-state index in [0.717, 1.165) is 0 Å². The highest BCUT2D eigenvalue weighted by molar-refractivity contribution is 7.86. The maximum absolute atomic E-state index is 11.6. The molecule has 0 fully saturated rings. The molecule has 0 bridgehead atoms. The van der Waals surface area contributed by atoms with Crippen LogP contribution < -0.4 is 5.32 Å². The minimum absolute atomic E-state index is 0.184. The van der Waals surface area contributed by atoms with Gasteiger partial charge in [-0.15, -0.1) is 0 Å². The van der Waals surface area contributed by atoms with E-state index in [2.05, 4.69) is 5.32 Å². The lowest BCUT2D eigenvalue weighted by Gasteiger charge is -2.26. The monoisotopic (exact) mass is 311 g/mol. The minimum atomic E-state index is -3.83. The van der Waals surface area contributed by atoms with Crippen molar-refractivity contribution in [2.24, 2.45) is 5.41 Å². The van der Waals surface area contributed by atoms with Crippen molar-refractivity contribution in [3.8, 4) is 0 Å². The molecule has 0 saturated carbocycles. The number of aliphatic hydroxyl groups is 1. The summed E-state index contributed by atoms with van der Waals surface area (Å²) in [6.07, 6.45) is -1.54. The van der Waals surface area contributed by atoms with Crippen molar-refractivity contribution in [2.45, 2.75) is 33.3 Å². The number of hydrogen-bond acceptors (Lipinski definition) is 6.